The molecule has 1 aliphatic rings. The summed E-state index contributed by atoms with van der Waals surface area (Å²) >= 11 is 0. The van der Waals surface area contributed by atoms with Crippen molar-refractivity contribution in [2.45, 2.75) is 18.6 Å². The number of amides is 2. The number of carbonyl (C=O) groups is 2. The van der Waals surface area contributed by atoms with E-state index in [4.69, 9.17) is 9.47 Å². The standard InChI is InChI=1S/C20H24N2O4/c1-22(2)19(23)13-26-18-10-11-25-12-17(18)21-20(24)16-9-5-7-14-6-3-4-8-15(14)16/h3-9,17-18H,10-13H2,1-2H3,(H,21,24)/t17-,18+/m1/s1. The summed E-state index contributed by atoms with van der Waals surface area (Å²) in [5, 5.41) is 4.94. The van der Waals surface area contributed by atoms with Crippen molar-refractivity contribution in [2.24, 2.45) is 0 Å². The molecule has 2 amide bonds. The molecule has 0 aromatic heterocycles. The average Bonchev–Trinajstić information content (AvgIpc) is 2.66. The Balaban J connectivity index is 1.70. The fourth-order valence-corrected chi connectivity index (χ4v) is 3.03. The van der Waals surface area contributed by atoms with E-state index in [2.05, 4.69) is 5.32 Å². The van der Waals surface area contributed by atoms with Gasteiger partial charge in [0.05, 0.1) is 18.8 Å². The molecular weight excluding hydrogens is 332 g/mol. The molecule has 0 bridgehead atoms. The maximum absolute atomic E-state index is 12.8. The number of hydrogen-bond acceptors (Lipinski definition) is 4. The van der Waals surface area contributed by atoms with Gasteiger partial charge in [-0.25, -0.2) is 0 Å². The van der Waals surface area contributed by atoms with Crippen molar-refractivity contribution in [1.82, 2.24) is 10.2 Å². The fraction of sp³-hybridized carbons (Fsp3) is 0.400. The second kappa shape index (κ2) is 8.29. The monoisotopic (exact) mass is 356 g/mol. The number of fused-ring (bicyclic) bond motifs is 1. The van der Waals surface area contributed by atoms with Crippen LogP contribution in [0.5, 0.6) is 0 Å². The zero-order valence-corrected chi connectivity index (χ0v) is 15.1. The molecule has 2 aromatic rings. The lowest BCUT2D eigenvalue weighted by Gasteiger charge is -2.32. The van der Waals surface area contributed by atoms with Crippen molar-refractivity contribution < 1.29 is 19.1 Å². The number of carbonyl (C=O) groups excluding carboxylic acids is 2. The smallest absolute Gasteiger partial charge is 0.252 e. The molecule has 26 heavy (non-hydrogen) atoms. The van der Waals surface area contributed by atoms with E-state index in [0.29, 0.717) is 25.2 Å². The predicted molar refractivity (Wildman–Crippen MR) is 99.1 cm³/mol. The van der Waals surface area contributed by atoms with Gasteiger partial charge in [-0.1, -0.05) is 36.4 Å². The lowest BCUT2D eigenvalue weighted by molar-refractivity contribution is -0.138. The van der Waals surface area contributed by atoms with Crippen LogP contribution in [0, 0.1) is 0 Å². The third kappa shape index (κ3) is 4.20. The maximum atomic E-state index is 12.8. The molecular formula is C20H24N2O4. The van der Waals surface area contributed by atoms with Crippen LogP contribution < -0.4 is 5.32 Å². The van der Waals surface area contributed by atoms with Crippen LogP contribution in [0.2, 0.25) is 0 Å². The third-order valence-electron chi connectivity index (χ3n) is 4.56. The van der Waals surface area contributed by atoms with E-state index in [1.807, 2.05) is 42.5 Å². The highest BCUT2D eigenvalue weighted by molar-refractivity contribution is 6.07. The molecule has 2 aromatic carbocycles. The van der Waals surface area contributed by atoms with Crippen LogP contribution in [0.4, 0.5) is 0 Å². The van der Waals surface area contributed by atoms with Crippen LogP contribution in [0.3, 0.4) is 0 Å². The maximum Gasteiger partial charge on any atom is 0.252 e. The fourth-order valence-electron chi connectivity index (χ4n) is 3.03. The Morgan fingerprint density at radius 1 is 1.19 bits per heavy atom. The van der Waals surface area contributed by atoms with Gasteiger partial charge in [0.15, 0.2) is 0 Å². The Kier molecular flexibility index (Phi) is 5.85. The van der Waals surface area contributed by atoms with E-state index in [-0.39, 0.29) is 30.6 Å². The molecule has 1 fully saturated rings. The second-order valence-electron chi connectivity index (χ2n) is 6.61. The molecule has 1 aliphatic heterocycles. The Hall–Kier alpha value is -2.44. The highest BCUT2D eigenvalue weighted by atomic mass is 16.5. The Morgan fingerprint density at radius 2 is 1.96 bits per heavy atom. The van der Waals surface area contributed by atoms with Gasteiger partial charge in [-0.05, 0) is 23.3 Å². The number of likely N-dealkylation sites (N-methyl/N-ethyl adjacent to an activating group) is 1. The first-order chi connectivity index (χ1) is 12.6. The van der Waals surface area contributed by atoms with Gasteiger partial charge in [0, 0.05) is 26.3 Å². The number of ether oxygens (including phenoxy) is 2. The zero-order valence-electron chi connectivity index (χ0n) is 15.1. The molecule has 0 radical (unpaired) electrons. The highest BCUT2D eigenvalue weighted by Gasteiger charge is 2.29. The summed E-state index contributed by atoms with van der Waals surface area (Å²) in [6.45, 7) is 0.928. The molecule has 1 saturated heterocycles. The number of nitrogens with zero attached hydrogens (tertiary/aromatic N) is 1. The van der Waals surface area contributed by atoms with Crippen LogP contribution in [-0.4, -0.2) is 62.8 Å². The Morgan fingerprint density at radius 3 is 2.77 bits per heavy atom. The lowest BCUT2D eigenvalue weighted by atomic mass is 10.0. The second-order valence-corrected chi connectivity index (χ2v) is 6.61. The van der Waals surface area contributed by atoms with E-state index in [0.717, 1.165) is 10.8 Å². The number of nitrogens with one attached hydrogen (secondary N) is 1. The zero-order chi connectivity index (χ0) is 18.5. The van der Waals surface area contributed by atoms with E-state index in [9.17, 15) is 9.59 Å². The quantitative estimate of drug-likeness (QED) is 0.888. The van der Waals surface area contributed by atoms with Gasteiger partial charge < -0.3 is 19.7 Å². The third-order valence-corrected chi connectivity index (χ3v) is 4.56. The molecule has 138 valence electrons. The molecule has 1 N–H and O–H groups in total. The minimum atomic E-state index is -0.287. The van der Waals surface area contributed by atoms with Crippen molar-refractivity contribution in [3.8, 4) is 0 Å². The van der Waals surface area contributed by atoms with Gasteiger partial charge in [-0.3, -0.25) is 9.59 Å². The normalized spacial score (nSPS) is 19.9. The van der Waals surface area contributed by atoms with Gasteiger partial charge in [0.1, 0.15) is 6.61 Å². The van der Waals surface area contributed by atoms with Crippen LogP contribution in [-0.2, 0) is 14.3 Å². The van der Waals surface area contributed by atoms with Crippen molar-refractivity contribution in [3.63, 3.8) is 0 Å². The summed E-state index contributed by atoms with van der Waals surface area (Å²) in [4.78, 5) is 26.1. The minimum absolute atomic E-state index is 0.00168. The van der Waals surface area contributed by atoms with Gasteiger partial charge in [-0.15, -0.1) is 0 Å². The molecule has 1 heterocycles. The number of benzene rings is 2. The first kappa shape index (κ1) is 18.4. The van der Waals surface area contributed by atoms with Crippen LogP contribution in [0.1, 0.15) is 16.8 Å². The molecule has 2 atom stereocenters. The average molecular weight is 356 g/mol. The molecule has 0 spiro atoms. The Labute approximate surface area is 153 Å². The number of rotatable bonds is 5. The van der Waals surface area contributed by atoms with Crippen molar-refractivity contribution in [1.29, 1.82) is 0 Å². The van der Waals surface area contributed by atoms with E-state index < -0.39 is 0 Å². The summed E-state index contributed by atoms with van der Waals surface area (Å²) in [6, 6.07) is 13.2. The number of hydrogen-bond donors (Lipinski definition) is 1. The molecule has 6 heteroatoms. The summed E-state index contributed by atoms with van der Waals surface area (Å²) in [6.07, 6.45) is 0.396. The summed E-state index contributed by atoms with van der Waals surface area (Å²) in [5.41, 5.74) is 0.622. The van der Waals surface area contributed by atoms with Crippen molar-refractivity contribution in [3.05, 3.63) is 48.0 Å². The summed E-state index contributed by atoms with van der Waals surface area (Å²) < 4.78 is 11.3. The van der Waals surface area contributed by atoms with Crippen molar-refractivity contribution >= 4 is 22.6 Å². The topological polar surface area (TPSA) is 67.9 Å². The van der Waals surface area contributed by atoms with Gasteiger partial charge in [0.2, 0.25) is 5.91 Å². The van der Waals surface area contributed by atoms with Crippen LogP contribution >= 0.6 is 0 Å². The SMILES string of the molecule is CN(C)C(=O)CO[C@H]1CCOC[C@H]1NC(=O)c1cccc2ccccc12. The first-order valence-electron chi connectivity index (χ1n) is 8.74. The van der Waals surface area contributed by atoms with Crippen LogP contribution in [0.25, 0.3) is 10.8 Å². The summed E-state index contributed by atoms with van der Waals surface area (Å²) in [5.74, 6) is -0.263. The van der Waals surface area contributed by atoms with Crippen molar-refractivity contribution in [2.75, 3.05) is 33.9 Å². The van der Waals surface area contributed by atoms with Gasteiger partial charge in [0.25, 0.3) is 5.91 Å². The van der Waals surface area contributed by atoms with E-state index in [1.165, 1.54) is 4.90 Å². The molecule has 3 rings (SSSR count). The highest BCUT2D eigenvalue weighted by Crippen LogP contribution is 2.19. The molecule has 6 nitrogen and oxygen atoms in total. The Bertz CT molecular complexity index is 785. The predicted octanol–water partition coefficient (Wildman–Crippen LogP) is 1.83. The minimum Gasteiger partial charge on any atom is -0.379 e. The van der Waals surface area contributed by atoms with Crippen LogP contribution in [0.15, 0.2) is 42.5 Å². The van der Waals surface area contributed by atoms with Gasteiger partial charge in [-0.2, -0.15) is 0 Å². The van der Waals surface area contributed by atoms with E-state index in [1.54, 1.807) is 14.1 Å². The lowest BCUT2D eigenvalue weighted by Crippen LogP contribution is -2.51. The molecule has 0 saturated carbocycles. The summed E-state index contributed by atoms with van der Waals surface area (Å²) in [7, 11) is 3.38. The largest absolute Gasteiger partial charge is 0.379 e. The molecule has 0 unspecified atom stereocenters. The molecule has 0 aliphatic carbocycles. The van der Waals surface area contributed by atoms with Gasteiger partial charge >= 0.3 is 0 Å². The first-order valence-corrected chi connectivity index (χ1v) is 8.74. The van der Waals surface area contributed by atoms with E-state index >= 15 is 0 Å².